The first kappa shape index (κ1) is 16.3. The van der Waals surface area contributed by atoms with Gasteiger partial charge in [0.05, 0.1) is 11.6 Å². The number of hydrogen-bond acceptors (Lipinski definition) is 4. The maximum absolute atomic E-state index is 11.8. The van der Waals surface area contributed by atoms with Crippen molar-refractivity contribution in [3.05, 3.63) is 29.8 Å². The fourth-order valence-corrected chi connectivity index (χ4v) is 1.78. The van der Waals surface area contributed by atoms with E-state index >= 15 is 0 Å². The summed E-state index contributed by atoms with van der Waals surface area (Å²) >= 11 is 0. The van der Waals surface area contributed by atoms with Crippen molar-refractivity contribution >= 4 is 6.09 Å². The van der Waals surface area contributed by atoms with E-state index in [0.29, 0.717) is 0 Å². The third-order valence-corrected chi connectivity index (χ3v) is 2.83. The molecule has 5 heteroatoms. The molecular weight excluding hydrogens is 256 g/mol. The average molecular weight is 280 g/mol. The number of rotatable bonds is 3. The van der Waals surface area contributed by atoms with Crippen LogP contribution >= 0.6 is 0 Å². The molecule has 4 N–H and O–H groups in total. The molecule has 0 radical (unpaired) electrons. The molecule has 0 fully saturated rings. The summed E-state index contributed by atoms with van der Waals surface area (Å²) in [4.78, 5) is 11.8. The van der Waals surface area contributed by atoms with Crippen LogP contribution in [0.15, 0.2) is 24.3 Å². The number of ether oxygens (including phenoxy) is 1. The van der Waals surface area contributed by atoms with Crippen LogP contribution in [0.2, 0.25) is 0 Å². The Labute approximate surface area is 120 Å². The summed E-state index contributed by atoms with van der Waals surface area (Å²) in [6.45, 7) is 9.02. The Morgan fingerprint density at radius 1 is 1.30 bits per heavy atom. The average Bonchev–Trinajstić information content (AvgIpc) is 2.24. The van der Waals surface area contributed by atoms with E-state index in [0.717, 1.165) is 5.56 Å². The van der Waals surface area contributed by atoms with Crippen LogP contribution in [-0.4, -0.2) is 22.3 Å². The Balaban J connectivity index is 2.80. The molecule has 1 unspecified atom stereocenters. The van der Waals surface area contributed by atoms with Gasteiger partial charge in [-0.15, -0.1) is 0 Å². The van der Waals surface area contributed by atoms with Gasteiger partial charge < -0.3 is 20.9 Å². The van der Waals surface area contributed by atoms with Crippen LogP contribution in [0.25, 0.3) is 0 Å². The van der Waals surface area contributed by atoms with Crippen LogP contribution in [0.5, 0.6) is 5.75 Å². The summed E-state index contributed by atoms with van der Waals surface area (Å²) in [7, 11) is 0. The van der Waals surface area contributed by atoms with E-state index in [1.54, 1.807) is 39.0 Å². The second-order valence-corrected chi connectivity index (χ2v) is 6.42. The number of hydrogen-bond donors (Lipinski definition) is 3. The fourth-order valence-electron chi connectivity index (χ4n) is 1.78. The van der Waals surface area contributed by atoms with E-state index in [4.69, 9.17) is 10.5 Å². The largest absolute Gasteiger partial charge is 0.508 e. The molecule has 20 heavy (non-hydrogen) atoms. The Morgan fingerprint density at radius 2 is 1.90 bits per heavy atom. The van der Waals surface area contributed by atoms with Gasteiger partial charge in [-0.05, 0) is 52.3 Å². The zero-order chi connectivity index (χ0) is 15.6. The predicted octanol–water partition coefficient (Wildman–Crippen LogP) is 2.70. The second-order valence-electron chi connectivity index (χ2n) is 6.42. The van der Waals surface area contributed by atoms with E-state index in [-0.39, 0.29) is 5.75 Å². The zero-order valence-corrected chi connectivity index (χ0v) is 12.7. The summed E-state index contributed by atoms with van der Waals surface area (Å²) in [5.41, 5.74) is 5.64. The van der Waals surface area contributed by atoms with Gasteiger partial charge in [-0.1, -0.05) is 12.1 Å². The van der Waals surface area contributed by atoms with Crippen LogP contribution in [-0.2, 0) is 4.74 Å². The molecule has 0 aliphatic heterocycles. The molecule has 0 aliphatic carbocycles. The standard InChI is InChI=1S/C15H24N2O3/c1-14(2,3)20-13(19)17-15(4,5)12(16)10-7-6-8-11(18)9-10/h6-9,12,18H,16H2,1-5H3,(H,17,19). The SMILES string of the molecule is CC(C)(C)OC(=O)NC(C)(C)C(N)c1cccc(O)c1. The number of phenols is 1. The topological polar surface area (TPSA) is 84.6 Å². The lowest BCUT2D eigenvalue weighted by Gasteiger charge is -2.33. The molecule has 0 bridgehead atoms. The number of alkyl carbamates (subject to hydrolysis) is 1. The summed E-state index contributed by atoms with van der Waals surface area (Å²) < 4.78 is 5.23. The first-order valence-electron chi connectivity index (χ1n) is 6.57. The van der Waals surface area contributed by atoms with Crippen molar-refractivity contribution in [2.45, 2.75) is 51.8 Å². The molecule has 0 aliphatic rings. The highest BCUT2D eigenvalue weighted by atomic mass is 16.6. The first-order valence-corrected chi connectivity index (χ1v) is 6.57. The van der Waals surface area contributed by atoms with Crippen LogP contribution < -0.4 is 11.1 Å². The lowest BCUT2D eigenvalue weighted by molar-refractivity contribution is 0.0458. The number of nitrogens with one attached hydrogen (secondary N) is 1. The van der Waals surface area contributed by atoms with Crippen molar-refractivity contribution in [2.75, 3.05) is 0 Å². The number of amides is 1. The van der Waals surface area contributed by atoms with E-state index in [1.165, 1.54) is 0 Å². The van der Waals surface area contributed by atoms with Crippen molar-refractivity contribution in [1.82, 2.24) is 5.32 Å². The van der Waals surface area contributed by atoms with Gasteiger partial charge in [-0.2, -0.15) is 0 Å². The molecule has 1 atom stereocenters. The maximum atomic E-state index is 11.8. The van der Waals surface area contributed by atoms with Crippen molar-refractivity contribution in [1.29, 1.82) is 0 Å². The van der Waals surface area contributed by atoms with Gasteiger partial charge >= 0.3 is 6.09 Å². The molecule has 1 aromatic carbocycles. The van der Waals surface area contributed by atoms with Gasteiger partial charge in [0, 0.05) is 0 Å². The number of carbonyl (C=O) groups excluding carboxylic acids is 1. The van der Waals surface area contributed by atoms with Gasteiger partial charge in [0.2, 0.25) is 0 Å². The molecule has 1 rings (SSSR count). The summed E-state index contributed by atoms with van der Waals surface area (Å²) in [6.07, 6.45) is -0.516. The number of aromatic hydroxyl groups is 1. The molecule has 0 saturated heterocycles. The summed E-state index contributed by atoms with van der Waals surface area (Å²) in [5, 5.41) is 12.3. The summed E-state index contributed by atoms with van der Waals surface area (Å²) in [6, 6.07) is 6.21. The summed E-state index contributed by atoms with van der Waals surface area (Å²) in [5.74, 6) is 0.144. The van der Waals surface area contributed by atoms with Crippen LogP contribution in [0.1, 0.15) is 46.2 Å². The van der Waals surface area contributed by atoms with E-state index in [1.807, 2.05) is 19.9 Å². The smallest absolute Gasteiger partial charge is 0.408 e. The molecule has 0 heterocycles. The molecule has 1 aromatic rings. The van der Waals surface area contributed by atoms with Crippen LogP contribution in [0, 0.1) is 0 Å². The molecular formula is C15H24N2O3. The lowest BCUT2D eigenvalue weighted by Crippen LogP contribution is -2.52. The van der Waals surface area contributed by atoms with Crippen molar-refractivity contribution in [3.8, 4) is 5.75 Å². The van der Waals surface area contributed by atoms with Crippen molar-refractivity contribution < 1.29 is 14.6 Å². The maximum Gasteiger partial charge on any atom is 0.408 e. The van der Waals surface area contributed by atoms with Crippen molar-refractivity contribution in [3.63, 3.8) is 0 Å². The zero-order valence-electron chi connectivity index (χ0n) is 12.7. The minimum atomic E-state index is -0.712. The molecule has 0 spiro atoms. The Hall–Kier alpha value is -1.75. The Kier molecular flexibility index (Phi) is 4.65. The fraction of sp³-hybridized carbons (Fsp3) is 0.533. The Morgan fingerprint density at radius 3 is 2.40 bits per heavy atom. The predicted molar refractivity (Wildman–Crippen MR) is 78.5 cm³/mol. The second kappa shape index (κ2) is 5.71. The third kappa shape index (κ3) is 4.74. The Bertz CT molecular complexity index is 478. The molecule has 1 amide bonds. The van der Waals surface area contributed by atoms with Crippen LogP contribution in [0.4, 0.5) is 4.79 Å². The highest BCUT2D eigenvalue weighted by molar-refractivity contribution is 5.69. The number of nitrogens with two attached hydrogens (primary N) is 1. The lowest BCUT2D eigenvalue weighted by atomic mass is 9.89. The monoisotopic (exact) mass is 280 g/mol. The molecule has 112 valence electrons. The van der Waals surface area contributed by atoms with Gasteiger partial charge in [0.1, 0.15) is 11.4 Å². The number of phenolic OH excluding ortho intramolecular Hbond substituents is 1. The van der Waals surface area contributed by atoms with E-state index < -0.39 is 23.3 Å². The van der Waals surface area contributed by atoms with Crippen molar-refractivity contribution in [2.24, 2.45) is 5.73 Å². The van der Waals surface area contributed by atoms with Gasteiger partial charge in [0.25, 0.3) is 0 Å². The molecule has 0 aromatic heterocycles. The minimum Gasteiger partial charge on any atom is -0.508 e. The molecule has 0 saturated carbocycles. The quantitative estimate of drug-likeness (QED) is 0.794. The van der Waals surface area contributed by atoms with Gasteiger partial charge in [-0.25, -0.2) is 4.79 Å². The van der Waals surface area contributed by atoms with Crippen LogP contribution in [0.3, 0.4) is 0 Å². The number of carbonyl (C=O) groups is 1. The first-order chi connectivity index (χ1) is 9.01. The third-order valence-electron chi connectivity index (χ3n) is 2.83. The highest BCUT2D eigenvalue weighted by Crippen LogP contribution is 2.26. The molecule has 5 nitrogen and oxygen atoms in total. The minimum absolute atomic E-state index is 0.144. The number of benzene rings is 1. The van der Waals surface area contributed by atoms with Gasteiger partial charge in [-0.3, -0.25) is 0 Å². The normalized spacial score (nSPS) is 13.7. The van der Waals surface area contributed by atoms with E-state index in [2.05, 4.69) is 5.32 Å². The van der Waals surface area contributed by atoms with Gasteiger partial charge in [0.15, 0.2) is 0 Å². The van der Waals surface area contributed by atoms with E-state index in [9.17, 15) is 9.90 Å². The highest BCUT2D eigenvalue weighted by Gasteiger charge is 2.31.